The van der Waals surface area contributed by atoms with Gasteiger partial charge >= 0.3 is 17.4 Å². The Morgan fingerprint density at radius 2 is 1.33 bits per heavy atom. The summed E-state index contributed by atoms with van der Waals surface area (Å²) in [6.07, 6.45) is 2.11. The zero-order valence-corrected chi connectivity index (χ0v) is 20.7. The van der Waals surface area contributed by atoms with E-state index in [1.165, 1.54) is 0 Å². The fraction of sp³-hybridized carbons (Fsp3) is 1.00. The molecule has 0 heterocycles. The standard InChI is InChI=1S/C10H26N2O2Si.C7H19NO3Si/c1-4-13-15(3,14-5-2)10-6-8-12-9-7-11;1-8-6-5-7-12(9-2,10-3)11-4/h12H,4-11H2,1-3H3;8H,5-7H2,1-4H3. The van der Waals surface area contributed by atoms with Gasteiger partial charge in [-0.1, -0.05) is 0 Å². The monoisotopic (exact) mass is 427 g/mol. The zero-order valence-electron chi connectivity index (χ0n) is 18.7. The lowest BCUT2D eigenvalue weighted by Gasteiger charge is -2.25. The first-order valence-corrected chi connectivity index (χ1v) is 14.4. The van der Waals surface area contributed by atoms with Gasteiger partial charge in [-0.05, 0) is 59.4 Å². The minimum absolute atomic E-state index is 0.700. The van der Waals surface area contributed by atoms with Gasteiger partial charge in [0, 0.05) is 53.7 Å². The van der Waals surface area contributed by atoms with E-state index >= 15 is 0 Å². The van der Waals surface area contributed by atoms with Gasteiger partial charge in [0.05, 0.1) is 0 Å². The van der Waals surface area contributed by atoms with E-state index in [-0.39, 0.29) is 0 Å². The van der Waals surface area contributed by atoms with Crippen LogP contribution < -0.4 is 16.4 Å². The molecule has 0 bridgehead atoms. The van der Waals surface area contributed by atoms with Crippen molar-refractivity contribution < 1.29 is 22.1 Å². The van der Waals surface area contributed by atoms with Gasteiger partial charge in [0.15, 0.2) is 0 Å². The van der Waals surface area contributed by atoms with Crippen molar-refractivity contribution in [2.75, 3.05) is 67.8 Å². The lowest BCUT2D eigenvalue weighted by molar-refractivity contribution is 0.123. The molecule has 0 fully saturated rings. The van der Waals surface area contributed by atoms with Crippen molar-refractivity contribution in [3.8, 4) is 0 Å². The molecule has 0 radical (unpaired) electrons. The van der Waals surface area contributed by atoms with Crippen molar-refractivity contribution in [2.45, 2.75) is 45.3 Å². The lowest BCUT2D eigenvalue weighted by Crippen LogP contribution is -2.43. The predicted molar refractivity (Wildman–Crippen MR) is 116 cm³/mol. The van der Waals surface area contributed by atoms with Crippen molar-refractivity contribution in [3.05, 3.63) is 0 Å². The van der Waals surface area contributed by atoms with Crippen molar-refractivity contribution in [1.29, 1.82) is 0 Å². The van der Waals surface area contributed by atoms with Crippen LogP contribution in [-0.4, -0.2) is 85.1 Å². The van der Waals surface area contributed by atoms with E-state index in [1.54, 1.807) is 21.3 Å². The second kappa shape index (κ2) is 19.4. The van der Waals surface area contributed by atoms with Crippen LogP contribution in [0.5, 0.6) is 0 Å². The van der Waals surface area contributed by atoms with Gasteiger partial charge in [-0.3, -0.25) is 0 Å². The lowest BCUT2D eigenvalue weighted by atomic mass is 10.5. The summed E-state index contributed by atoms with van der Waals surface area (Å²) >= 11 is 0. The molecule has 166 valence electrons. The zero-order chi connectivity index (χ0) is 21.0. The van der Waals surface area contributed by atoms with Gasteiger partial charge in [0.2, 0.25) is 0 Å². The third-order valence-electron chi connectivity index (χ3n) is 4.05. The molecule has 0 aromatic heterocycles. The Morgan fingerprint density at radius 3 is 1.74 bits per heavy atom. The molecular weight excluding hydrogens is 382 g/mol. The third kappa shape index (κ3) is 15.7. The Bertz CT molecular complexity index is 300. The van der Waals surface area contributed by atoms with E-state index in [0.29, 0.717) is 6.54 Å². The topological polar surface area (TPSA) is 96.2 Å². The highest BCUT2D eigenvalue weighted by Crippen LogP contribution is 2.15. The number of hydrogen-bond donors (Lipinski definition) is 3. The van der Waals surface area contributed by atoms with E-state index in [1.807, 2.05) is 20.9 Å². The molecule has 4 N–H and O–H groups in total. The average molecular weight is 428 g/mol. The molecule has 0 saturated heterocycles. The number of nitrogens with two attached hydrogens (primary N) is 1. The molecule has 0 aliphatic rings. The van der Waals surface area contributed by atoms with E-state index in [2.05, 4.69) is 17.2 Å². The number of nitrogens with one attached hydrogen (secondary N) is 2. The van der Waals surface area contributed by atoms with Crippen molar-refractivity contribution in [1.82, 2.24) is 10.6 Å². The van der Waals surface area contributed by atoms with Gasteiger partial charge in [-0.2, -0.15) is 0 Å². The van der Waals surface area contributed by atoms with Crippen molar-refractivity contribution >= 4 is 17.4 Å². The molecule has 0 saturated carbocycles. The molecular formula is C17H45N3O5Si2. The van der Waals surface area contributed by atoms with Crippen LogP contribution >= 0.6 is 0 Å². The van der Waals surface area contributed by atoms with Crippen molar-refractivity contribution in [2.24, 2.45) is 5.73 Å². The summed E-state index contributed by atoms with van der Waals surface area (Å²) in [6, 6.07) is 1.91. The van der Waals surface area contributed by atoms with Crippen LogP contribution in [0.25, 0.3) is 0 Å². The Kier molecular flexibility index (Phi) is 21.1. The minimum atomic E-state index is -2.29. The maximum atomic E-state index is 5.74. The highest BCUT2D eigenvalue weighted by atomic mass is 28.4. The summed E-state index contributed by atoms with van der Waals surface area (Å²) in [4.78, 5) is 0. The van der Waals surface area contributed by atoms with Gasteiger partial charge in [0.25, 0.3) is 0 Å². The van der Waals surface area contributed by atoms with E-state index in [4.69, 9.17) is 27.9 Å². The number of hydrogen-bond acceptors (Lipinski definition) is 8. The largest absolute Gasteiger partial charge is 0.500 e. The van der Waals surface area contributed by atoms with Crippen LogP contribution in [0.15, 0.2) is 0 Å². The summed E-state index contributed by atoms with van der Waals surface area (Å²) in [7, 11) is 2.66. The highest BCUT2D eigenvalue weighted by molar-refractivity contribution is 6.66. The highest BCUT2D eigenvalue weighted by Gasteiger charge is 2.36. The fourth-order valence-electron chi connectivity index (χ4n) is 2.60. The normalized spacial score (nSPS) is 12.0. The Morgan fingerprint density at radius 1 is 0.815 bits per heavy atom. The van der Waals surface area contributed by atoms with Crippen LogP contribution in [0.3, 0.4) is 0 Å². The van der Waals surface area contributed by atoms with Gasteiger partial charge in [-0.15, -0.1) is 0 Å². The molecule has 0 atom stereocenters. The first-order chi connectivity index (χ1) is 12.9. The summed E-state index contributed by atoms with van der Waals surface area (Å²) < 4.78 is 27.2. The summed E-state index contributed by atoms with van der Waals surface area (Å²) in [5, 5.41) is 6.35. The first kappa shape index (κ1) is 29.3. The molecule has 0 rings (SSSR count). The molecule has 0 aromatic rings. The average Bonchev–Trinajstić information content (AvgIpc) is 2.67. The van der Waals surface area contributed by atoms with E-state index in [9.17, 15) is 0 Å². The fourth-order valence-corrected chi connectivity index (χ4v) is 6.73. The molecule has 27 heavy (non-hydrogen) atoms. The molecule has 8 nitrogen and oxygen atoms in total. The molecule has 0 spiro atoms. The number of rotatable bonds is 17. The maximum absolute atomic E-state index is 5.74. The molecule has 0 aromatic carbocycles. The Hall–Kier alpha value is 0.114. The second-order valence-electron chi connectivity index (χ2n) is 6.14. The smallest absolute Gasteiger partial charge is 0.395 e. The van der Waals surface area contributed by atoms with Crippen LogP contribution in [0.1, 0.15) is 26.7 Å². The first-order valence-electron chi connectivity index (χ1n) is 9.91. The van der Waals surface area contributed by atoms with Crippen molar-refractivity contribution in [3.63, 3.8) is 0 Å². The SMILES string of the molecule is CCO[Si](C)(CCCNCCN)OCC.CNCCC[Si](OC)(OC)OC. The molecule has 0 unspecified atom stereocenters. The third-order valence-corrected chi connectivity index (χ3v) is 9.94. The van der Waals surface area contributed by atoms with E-state index in [0.717, 1.165) is 57.8 Å². The second-order valence-corrected chi connectivity index (χ2v) is 12.6. The molecule has 0 amide bonds. The Balaban J connectivity index is 0. The van der Waals surface area contributed by atoms with Crippen LogP contribution in [0.2, 0.25) is 18.6 Å². The maximum Gasteiger partial charge on any atom is 0.500 e. The van der Waals surface area contributed by atoms with Crippen LogP contribution in [0, 0.1) is 0 Å². The molecule has 0 aliphatic carbocycles. The van der Waals surface area contributed by atoms with Crippen LogP contribution in [-0.2, 0) is 22.1 Å². The van der Waals surface area contributed by atoms with Gasteiger partial charge in [0.1, 0.15) is 0 Å². The summed E-state index contributed by atoms with van der Waals surface area (Å²) in [6.45, 7) is 11.2. The van der Waals surface area contributed by atoms with Gasteiger partial charge < -0.3 is 38.5 Å². The summed E-state index contributed by atoms with van der Waals surface area (Å²) in [5.41, 5.74) is 5.39. The molecule has 10 heteroatoms. The van der Waals surface area contributed by atoms with Gasteiger partial charge in [-0.25, -0.2) is 0 Å². The van der Waals surface area contributed by atoms with Crippen LogP contribution in [0.4, 0.5) is 0 Å². The summed E-state index contributed by atoms with van der Waals surface area (Å²) in [5.74, 6) is 0. The quantitative estimate of drug-likeness (QED) is 0.238. The Labute approximate surface area is 169 Å². The molecule has 0 aliphatic heterocycles. The predicted octanol–water partition coefficient (Wildman–Crippen LogP) is 1.54. The van der Waals surface area contributed by atoms with E-state index < -0.39 is 17.4 Å². The minimum Gasteiger partial charge on any atom is -0.395 e.